The number of hydrogen-bond acceptors (Lipinski definition) is 2. The van der Waals surface area contributed by atoms with Gasteiger partial charge < -0.3 is 0 Å². The van der Waals surface area contributed by atoms with Gasteiger partial charge in [-0.2, -0.15) is 5.10 Å². The van der Waals surface area contributed by atoms with E-state index < -0.39 is 0 Å². The van der Waals surface area contributed by atoms with Crippen LogP contribution >= 0.6 is 0 Å². The van der Waals surface area contributed by atoms with E-state index in [-0.39, 0.29) is 11.8 Å². The molecule has 1 amide bonds. The maximum atomic E-state index is 11.9. The molecule has 0 aliphatic rings. The minimum Gasteiger partial charge on any atom is -0.273 e. The Morgan fingerprint density at radius 3 is 2.32 bits per heavy atom. The third kappa shape index (κ3) is 7.39. The van der Waals surface area contributed by atoms with E-state index in [1.807, 2.05) is 30.3 Å². The Morgan fingerprint density at radius 1 is 1.05 bits per heavy atom. The lowest BCUT2D eigenvalue weighted by Gasteiger charge is -2.10. The van der Waals surface area contributed by atoms with Gasteiger partial charge in [-0.1, -0.05) is 83.2 Å². The molecule has 0 aromatic heterocycles. The molecular formula is C19H30N2O. The second kappa shape index (κ2) is 11.0. The Balaban J connectivity index is 2.39. The summed E-state index contributed by atoms with van der Waals surface area (Å²) in [6, 6.07) is 10.0. The zero-order chi connectivity index (χ0) is 16.2. The molecule has 1 aromatic rings. The maximum Gasteiger partial charge on any atom is 0.240 e. The number of hydrogen-bond donors (Lipinski definition) is 1. The monoisotopic (exact) mass is 302 g/mol. The van der Waals surface area contributed by atoms with Crippen molar-refractivity contribution >= 4 is 11.6 Å². The number of amides is 1. The summed E-state index contributed by atoms with van der Waals surface area (Å²) in [6.45, 7) is 6.39. The molecule has 1 aromatic carbocycles. The third-order valence-corrected chi connectivity index (χ3v) is 3.67. The van der Waals surface area contributed by atoms with Gasteiger partial charge in [0.25, 0.3) is 0 Å². The van der Waals surface area contributed by atoms with Crippen LogP contribution in [0.1, 0.15) is 71.3 Å². The van der Waals surface area contributed by atoms with Crippen LogP contribution in [0.2, 0.25) is 0 Å². The van der Waals surface area contributed by atoms with Gasteiger partial charge in [0.2, 0.25) is 5.91 Å². The number of rotatable bonds is 10. The van der Waals surface area contributed by atoms with E-state index in [1.165, 1.54) is 25.7 Å². The standard InChI is InChI=1S/C19H30N2O/c1-4-5-6-7-8-12-15-18(22)20-21-19(16(2)3)17-13-10-9-11-14-17/h9-11,13-14,16H,4-8,12,15H2,1-3H3,(H,20,22). The summed E-state index contributed by atoms with van der Waals surface area (Å²) >= 11 is 0. The quantitative estimate of drug-likeness (QED) is 0.372. The van der Waals surface area contributed by atoms with Crippen LogP contribution < -0.4 is 5.43 Å². The Hall–Kier alpha value is -1.64. The first-order valence-electron chi connectivity index (χ1n) is 8.57. The molecule has 0 bridgehead atoms. The fourth-order valence-corrected chi connectivity index (χ4v) is 2.38. The van der Waals surface area contributed by atoms with E-state index in [0.717, 1.165) is 24.1 Å². The van der Waals surface area contributed by atoms with E-state index in [0.29, 0.717) is 6.42 Å². The van der Waals surface area contributed by atoms with Gasteiger partial charge in [0.15, 0.2) is 0 Å². The first kappa shape index (κ1) is 18.4. The fraction of sp³-hybridized carbons (Fsp3) is 0.579. The summed E-state index contributed by atoms with van der Waals surface area (Å²) in [4.78, 5) is 11.9. The highest BCUT2D eigenvalue weighted by Crippen LogP contribution is 2.09. The van der Waals surface area contributed by atoms with Crippen LogP contribution in [-0.4, -0.2) is 11.6 Å². The summed E-state index contributed by atoms with van der Waals surface area (Å²) in [5.74, 6) is 0.293. The van der Waals surface area contributed by atoms with Crippen molar-refractivity contribution in [1.82, 2.24) is 5.43 Å². The summed E-state index contributed by atoms with van der Waals surface area (Å²) in [6.07, 6.45) is 7.71. The predicted molar refractivity (Wildman–Crippen MR) is 94.0 cm³/mol. The van der Waals surface area contributed by atoms with Crippen molar-refractivity contribution < 1.29 is 4.79 Å². The highest BCUT2D eigenvalue weighted by atomic mass is 16.2. The Kier molecular flexibility index (Phi) is 9.20. The Morgan fingerprint density at radius 2 is 1.68 bits per heavy atom. The number of carbonyl (C=O) groups is 1. The summed E-state index contributed by atoms with van der Waals surface area (Å²) in [5, 5.41) is 4.34. The molecule has 0 aliphatic heterocycles. The summed E-state index contributed by atoms with van der Waals surface area (Å²) in [7, 11) is 0. The lowest BCUT2D eigenvalue weighted by atomic mass is 10.0. The Bertz CT molecular complexity index is 452. The molecule has 0 fully saturated rings. The van der Waals surface area contributed by atoms with Crippen molar-refractivity contribution in [1.29, 1.82) is 0 Å². The lowest BCUT2D eigenvalue weighted by molar-refractivity contribution is -0.121. The fourth-order valence-electron chi connectivity index (χ4n) is 2.38. The highest BCUT2D eigenvalue weighted by Gasteiger charge is 2.09. The van der Waals surface area contributed by atoms with Crippen LogP contribution in [0.25, 0.3) is 0 Å². The second-order valence-electron chi connectivity index (χ2n) is 6.07. The topological polar surface area (TPSA) is 41.5 Å². The molecule has 0 unspecified atom stereocenters. The van der Waals surface area contributed by atoms with Crippen molar-refractivity contribution in [2.45, 2.75) is 65.7 Å². The predicted octanol–water partition coefficient (Wildman–Crippen LogP) is 4.91. The van der Waals surface area contributed by atoms with Crippen molar-refractivity contribution in [3.05, 3.63) is 35.9 Å². The minimum atomic E-state index is 0.0181. The molecule has 0 radical (unpaired) electrons. The van der Waals surface area contributed by atoms with Crippen LogP contribution in [0.3, 0.4) is 0 Å². The molecule has 1 N–H and O–H groups in total. The number of unbranched alkanes of at least 4 members (excludes halogenated alkanes) is 5. The molecule has 0 aliphatic carbocycles. The smallest absolute Gasteiger partial charge is 0.240 e. The van der Waals surface area contributed by atoms with E-state index in [1.54, 1.807) is 0 Å². The molecule has 0 spiro atoms. The van der Waals surface area contributed by atoms with Crippen LogP contribution in [0.15, 0.2) is 35.4 Å². The molecule has 0 saturated carbocycles. The molecule has 0 heterocycles. The number of nitrogens with zero attached hydrogens (tertiary/aromatic N) is 1. The zero-order valence-electron chi connectivity index (χ0n) is 14.3. The highest BCUT2D eigenvalue weighted by molar-refractivity contribution is 6.02. The van der Waals surface area contributed by atoms with Crippen LogP contribution in [0.5, 0.6) is 0 Å². The van der Waals surface area contributed by atoms with E-state index in [2.05, 4.69) is 31.3 Å². The second-order valence-corrected chi connectivity index (χ2v) is 6.07. The molecule has 22 heavy (non-hydrogen) atoms. The third-order valence-electron chi connectivity index (χ3n) is 3.67. The van der Waals surface area contributed by atoms with Crippen molar-refractivity contribution in [2.24, 2.45) is 11.0 Å². The van der Waals surface area contributed by atoms with Crippen molar-refractivity contribution in [2.75, 3.05) is 0 Å². The number of carbonyl (C=O) groups excluding carboxylic acids is 1. The van der Waals surface area contributed by atoms with E-state index in [4.69, 9.17) is 0 Å². The number of nitrogens with one attached hydrogen (secondary N) is 1. The van der Waals surface area contributed by atoms with Gasteiger partial charge in [-0.15, -0.1) is 0 Å². The lowest BCUT2D eigenvalue weighted by Crippen LogP contribution is -2.21. The first-order chi connectivity index (χ1) is 10.6. The average molecular weight is 302 g/mol. The zero-order valence-corrected chi connectivity index (χ0v) is 14.3. The van der Waals surface area contributed by atoms with Gasteiger partial charge in [0, 0.05) is 6.42 Å². The molecular weight excluding hydrogens is 272 g/mol. The largest absolute Gasteiger partial charge is 0.273 e. The normalized spacial score (nSPS) is 11.7. The number of hydrazone groups is 1. The molecule has 1 rings (SSSR count). The van der Waals surface area contributed by atoms with Crippen molar-refractivity contribution in [3.63, 3.8) is 0 Å². The van der Waals surface area contributed by atoms with Gasteiger partial charge in [-0.3, -0.25) is 4.79 Å². The minimum absolute atomic E-state index is 0.0181. The number of benzene rings is 1. The molecule has 3 heteroatoms. The molecule has 122 valence electrons. The van der Waals surface area contributed by atoms with Crippen LogP contribution in [-0.2, 0) is 4.79 Å². The van der Waals surface area contributed by atoms with Gasteiger partial charge in [0.05, 0.1) is 5.71 Å². The van der Waals surface area contributed by atoms with E-state index >= 15 is 0 Å². The van der Waals surface area contributed by atoms with Crippen molar-refractivity contribution in [3.8, 4) is 0 Å². The van der Waals surface area contributed by atoms with Gasteiger partial charge >= 0.3 is 0 Å². The average Bonchev–Trinajstić information content (AvgIpc) is 2.51. The SMILES string of the molecule is CCCCCCCCC(=O)NN=C(c1ccccc1)C(C)C. The molecule has 3 nitrogen and oxygen atoms in total. The van der Waals surface area contributed by atoms with E-state index in [9.17, 15) is 4.79 Å². The molecule has 0 atom stereocenters. The summed E-state index contributed by atoms with van der Waals surface area (Å²) in [5.41, 5.74) is 4.71. The molecule has 0 saturated heterocycles. The van der Waals surface area contributed by atoms with Crippen LogP contribution in [0, 0.1) is 5.92 Å². The van der Waals surface area contributed by atoms with Gasteiger partial charge in [-0.05, 0) is 17.9 Å². The maximum absolute atomic E-state index is 11.9. The van der Waals surface area contributed by atoms with Crippen LogP contribution in [0.4, 0.5) is 0 Å². The Labute approximate surface area is 135 Å². The first-order valence-corrected chi connectivity index (χ1v) is 8.57. The van der Waals surface area contributed by atoms with Gasteiger partial charge in [0.1, 0.15) is 0 Å². The van der Waals surface area contributed by atoms with Gasteiger partial charge in [-0.25, -0.2) is 5.43 Å². The summed E-state index contributed by atoms with van der Waals surface area (Å²) < 4.78 is 0.